The molecule has 3 heterocycles. The highest BCUT2D eigenvalue weighted by molar-refractivity contribution is 5.82. The van der Waals surface area contributed by atoms with E-state index in [-0.39, 0.29) is 24.1 Å². The third-order valence-electron chi connectivity index (χ3n) is 9.22. The van der Waals surface area contributed by atoms with Crippen molar-refractivity contribution in [2.45, 2.75) is 95.9 Å². The molecule has 1 aliphatic carbocycles. The fraction of sp³-hybridized carbons (Fsp3) is 0.759. The van der Waals surface area contributed by atoms with Crippen molar-refractivity contribution in [2.24, 2.45) is 17.3 Å². The van der Waals surface area contributed by atoms with E-state index in [1.54, 1.807) is 0 Å². The Morgan fingerprint density at radius 1 is 1.06 bits per heavy atom. The number of nitrogens with zero attached hydrogens (tertiary/aromatic N) is 1. The molecule has 3 saturated heterocycles. The second-order valence-corrected chi connectivity index (χ2v) is 12.0. The molecule has 1 saturated carbocycles. The molecule has 1 spiro atoms. The van der Waals surface area contributed by atoms with Gasteiger partial charge < -0.3 is 10.6 Å². The molecule has 1 aromatic rings. The first-order valence-corrected chi connectivity index (χ1v) is 14.6. The molecule has 36 heavy (non-hydrogen) atoms. The topological polar surface area (TPSA) is 77.7 Å². The second-order valence-electron chi connectivity index (χ2n) is 12.0. The molecule has 3 aliphatic heterocycles. The minimum atomic E-state index is -0.267. The molecule has 7 heteroatoms. The minimum absolute atomic E-state index is 0.0763. The highest BCUT2D eigenvalue weighted by atomic mass is 16.7. The summed E-state index contributed by atoms with van der Waals surface area (Å²) in [6.07, 6.45) is 13.0. The molecule has 4 N–H and O–H groups in total. The molecule has 5 rings (SSSR count). The Hall–Kier alpha value is -1.51. The molecule has 4 fully saturated rings. The van der Waals surface area contributed by atoms with Crippen LogP contribution in [-0.2, 0) is 16.2 Å². The maximum absolute atomic E-state index is 13.2. The van der Waals surface area contributed by atoms with Gasteiger partial charge in [0.05, 0.1) is 12.1 Å². The summed E-state index contributed by atoms with van der Waals surface area (Å²) in [5.41, 5.74) is 8.16. The molecule has 4 aliphatic rings. The van der Waals surface area contributed by atoms with E-state index >= 15 is 0 Å². The van der Waals surface area contributed by atoms with E-state index in [2.05, 4.69) is 57.7 Å². The molecule has 0 bridgehead atoms. The number of hydrazine groups is 1. The van der Waals surface area contributed by atoms with Crippen molar-refractivity contribution < 1.29 is 9.63 Å². The lowest BCUT2D eigenvalue weighted by Gasteiger charge is -2.50. The van der Waals surface area contributed by atoms with Crippen LogP contribution in [0.1, 0.15) is 76.7 Å². The third kappa shape index (κ3) is 6.30. The number of rotatable bonds is 5. The van der Waals surface area contributed by atoms with Crippen LogP contribution in [-0.4, -0.2) is 55.3 Å². The average Bonchev–Trinajstić information content (AvgIpc) is 3.54. The summed E-state index contributed by atoms with van der Waals surface area (Å²) in [4.78, 5) is 19.5. The maximum atomic E-state index is 13.2. The smallest absolute Gasteiger partial charge is 0.239 e. The normalized spacial score (nSPS) is 34.0. The first-order valence-electron chi connectivity index (χ1n) is 14.6. The lowest BCUT2D eigenvalue weighted by atomic mass is 9.59. The fourth-order valence-corrected chi connectivity index (χ4v) is 7.47. The van der Waals surface area contributed by atoms with Crippen LogP contribution in [0.4, 0.5) is 0 Å². The van der Waals surface area contributed by atoms with Crippen molar-refractivity contribution in [2.75, 3.05) is 26.2 Å². The highest BCUT2D eigenvalue weighted by Gasteiger charge is 2.50. The Morgan fingerprint density at radius 2 is 1.78 bits per heavy atom. The van der Waals surface area contributed by atoms with Gasteiger partial charge in [0.25, 0.3) is 0 Å². The van der Waals surface area contributed by atoms with Gasteiger partial charge >= 0.3 is 0 Å². The minimum Gasteiger partial charge on any atom is -0.349 e. The zero-order valence-electron chi connectivity index (χ0n) is 22.1. The van der Waals surface area contributed by atoms with Crippen molar-refractivity contribution in [1.82, 2.24) is 26.5 Å². The molecule has 0 radical (unpaired) electrons. The van der Waals surface area contributed by atoms with Gasteiger partial charge in [-0.15, -0.1) is 0 Å². The fourth-order valence-electron chi connectivity index (χ4n) is 7.47. The summed E-state index contributed by atoms with van der Waals surface area (Å²) >= 11 is 0. The average molecular weight is 498 g/mol. The van der Waals surface area contributed by atoms with Gasteiger partial charge in [-0.2, -0.15) is 5.48 Å². The first-order chi connectivity index (χ1) is 17.6. The molecule has 5 atom stereocenters. The van der Waals surface area contributed by atoms with E-state index in [0.29, 0.717) is 17.3 Å². The van der Waals surface area contributed by atoms with Gasteiger partial charge in [-0.05, 0) is 42.2 Å². The molecule has 200 valence electrons. The van der Waals surface area contributed by atoms with E-state index in [0.717, 1.165) is 39.1 Å². The van der Waals surface area contributed by atoms with E-state index in [9.17, 15) is 4.79 Å². The number of carbonyl (C=O) groups is 1. The molecule has 1 amide bonds. The second kappa shape index (κ2) is 12.4. The Kier molecular flexibility index (Phi) is 8.96. The zero-order chi connectivity index (χ0) is 24.8. The number of amides is 1. The Labute approximate surface area is 217 Å². The Morgan fingerprint density at radius 3 is 2.53 bits per heavy atom. The van der Waals surface area contributed by atoms with Gasteiger partial charge in [-0.25, -0.2) is 5.01 Å². The van der Waals surface area contributed by atoms with Crippen molar-refractivity contribution in [3.63, 3.8) is 0 Å². The van der Waals surface area contributed by atoms with Crippen molar-refractivity contribution in [1.29, 1.82) is 0 Å². The van der Waals surface area contributed by atoms with Crippen LogP contribution in [0.3, 0.4) is 0 Å². The summed E-state index contributed by atoms with van der Waals surface area (Å²) in [7, 11) is 0. The van der Waals surface area contributed by atoms with Crippen LogP contribution in [0, 0.1) is 17.3 Å². The van der Waals surface area contributed by atoms with Gasteiger partial charge in [0.1, 0.15) is 6.04 Å². The van der Waals surface area contributed by atoms with Gasteiger partial charge in [-0.3, -0.25) is 15.1 Å². The summed E-state index contributed by atoms with van der Waals surface area (Å²) in [5.74, 6) is 1.13. The summed E-state index contributed by atoms with van der Waals surface area (Å²) in [6.45, 7) is 6.96. The molecular weight excluding hydrogens is 450 g/mol. The SMILES string of the molecule is CC1CNCC2(CCCCCCCCC2)C1C1CC(C(=O)NC2CNN(Cc3ccccc3)C2)NO1. The third-order valence-corrected chi connectivity index (χ3v) is 9.22. The molecule has 1 aromatic carbocycles. The number of piperidine rings is 1. The van der Waals surface area contributed by atoms with Gasteiger partial charge in [0, 0.05) is 32.6 Å². The number of carbonyl (C=O) groups excluding carboxylic acids is 1. The van der Waals surface area contributed by atoms with E-state index in [4.69, 9.17) is 4.84 Å². The molecule has 5 unspecified atom stereocenters. The van der Waals surface area contributed by atoms with Crippen LogP contribution < -0.4 is 21.5 Å². The van der Waals surface area contributed by atoms with Gasteiger partial charge in [-0.1, -0.05) is 82.2 Å². The summed E-state index contributed by atoms with van der Waals surface area (Å²) < 4.78 is 0. The van der Waals surface area contributed by atoms with E-state index < -0.39 is 0 Å². The van der Waals surface area contributed by atoms with E-state index in [1.807, 2.05) is 6.07 Å². The zero-order valence-corrected chi connectivity index (χ0v) is 22.1. The van der Waals surface area contributed by atoms with Crippen molar-refractivity contribution >= 4 is 5.91 Å². The number of benzene rings is 1. The predicted molar refractivity (Wildman–Crippen MR) is 143 cm³/mol. The van der Waals surface area contributed by atoms with Crippen molar-refractivity contribution in [3.8, 4) is 0 Å². The van der Waals surface area contributed by atoms with E-state index in [1.165, 1.54) is 63.4 Å². The number of hydrogen-bond acceptors (Lipinski definition) is 6. The number of hydrogen-bond donors (Lipinski definition) is 4. The Balaban J connectivity index is 1.16. The van der Waals surface area contributed by atoms with Crippen molar-refractivity contribution in [3.05, 3.63) is 35.9 Å². The summed E-state index contributed by atoms with van der Waals surface area (Å²) in [5, 5.41) is 9.24. The van der Waals surface area contributed by atoms with Gasteiger partial charge in [0.15, 0.2) is 0 Å². The quantitative estimate of drug-likeness (QED) is 0.499. The van der Waals surface area contributed by atoms with Crippen LogP contribution in [0.5, 0.6) is 0 Å². The highest BCUT2D eigenvalue weighted by Crippen LogP contribution is 2.48. The number of nitrogens with one attached hydrogen (secondary N) is 4. The molecular formula is C29H47N5O2. The standard InChI is InChI=1S/C29H47N5O2/c1-22-17-30-21-29(14-10-5-3-2-4-6-11-15-29)27(22)26-16-25(33-36-26)28(35)32-24-18-31-34(20-24)19-23-12-8-7-9-13-23/h7-9,12-13,22,24-27,30-31,33H,2-6,10-11,14-21H2,1H3,(H,32,35). The number of hydroxylamine groups is 1. The maximum Gasteiger partial charge on any atom is 0.239 e. The predicted octanol–water partition coefficient (Wildman–Crippen LogP) is 3.52. The monoisotopic (exact) mass is 497 g/mol. The van der Waals surface area contributed by atoms with Crippen LogP contribution in [0.15, 0.2) is 30.3 Å². The summed E-state index contributed by atoms with van der Waals surface area (Å²) in [6, 6.07) is 10.3. The van der Waals surface area contributed by atoms with Crippen LogP contribution >= 0.6 is 0 Å². The van der Waals surface area contributed by atoms with Crippen LogP contribution in [0.2, 0.25) is 0 Å². The largest absolute Gasteiger partial charge is 0.349 e. The van der Waals surface area contributed by atoms with Gasteiger partial charge in [0.2, 0.25) is 5.91 Å². The Bertz CT molecular complexity index is 826. The first kappa shape index (κ1) is 26.1. The van der Waals surface area contributed by atoms with Crippen LogP contribution in [0.25, 0.3) is 0 Å². The lowest BCUT2D eigenvalue weighted by Crippen LogP contribution is -2.55. The molecule has 7 nitrogen and oxygen atoms in total. The lowest BCUT2D eigenvalue weighted by molar-refractivity contribution is -0.125. The molecule has 0 aromatic heterocycles.